The van der Waals surface area contributed by atoms with Gasteiger partial charge < -0.3 is 10.4 Å². The molecule has 0 saturated carbocycles. The van der Waals surface area contributed by atoms with Crippen molar-refractivity contribution in [3.05, 3.63) is 29.3 Å². The lowest BCUT2D eigenvalue weighted by atomic mass is 10.1. The third-order valence-electron chi connectivity index (χ3n) is 4.44. The van der Waals surface area contributed by atoms with Crippen molar-refractivity contribution in [1.82, 2.24) is 4.90 Å². The van der Waals surface area contributed by atoms with Crippen LogP contribution in [-0.4, -0.2) is 41.7 Å². The number of benzene rings is 1. The predicted molar refractivity (Wildman–Crippen MR) is 78.8 cm³/mol. The predicted octanol–water partition coefficient (Wildman–Crippen LogP) is 1.57. The number of hydrogen-bond donors (Lipinski definition) is 2. The number of carbonyl (C=O) groups is 1. The Hall–Kier alpha value is -1.39. The molecular weight excluding hydrogens is 252 g/mol. The molecule has 0 aromatic heterocycles. The fourth-order valence-corrected chi connectivity index (χ4v) is 3.34. The van der Waals surface area contributed by atoms with E-state index in [0.717, 1.165) is 37.9 Å². The zero-order valence-corrected chi connectivity index (χ0v) is 11.8. The van der Waals surface area contributed by atoms with Crippen molar-refractivity contribution in [1.29, 1.82) is 0 Å². The molecule has 4 nitrogen and oxygen atoms in total. The van der Waals surface area contributed by atoms with E-state index >= 15 is 0 Å². The highest BCUT2D eigenvalue weighted by Gasteiger charge is 2.25. The van der Waals surface area contributed by atoms with Gasteiger partial charge in [0, 0.05) is 11.7 Å². The Morgan fingerprint density at radius 2 is 2.15 bits per heavy atom. The first-order valence-electron chi connectivity index (χ1n) is 7.53. The van der Waals surface area contributed by atoms with E-state index in [1.807, 2.05) is 6.07 Å². The highest BCUT2D eigenvalue weighted by atomic mass is 16.3. The largest absolute Gasteiger partial charge is 0.395 e. The Morgan fingerprint density at radius 1 is 1.30 bits per heavy atom. The number of amides is 1. The molecule has 1 atom stereocenters. The fourth-order valence-electron chi connectivity index (χ4n) is 3.34. The van der Waals surface area contributed by atoms with E-state index in [2.05, 4.69) is 22.3 Å². The molecule has 1 aromatic rings. The monoisotopic (exact) mass is 274 g/mol. The summed E-state index contributed by atoms with van der Waals surface area (Å²) in [7, 11) is 0. The molecule has 2 aliphatic rings. The fraction of sp³-hybridized carbons (Fsp3) is 0.562. The molecule has 20 heavy (non-hydrogen) atoms. The number of carbonyl (C=O) groups excluding carboxylic acids is 1. The van der Waals surface area contributed by atoms with Gasteiger partial charge in [0.2, 0.25) is 5.91 Å². The van der Waals surface area contributed by atoms with Gasteiger partial charge in [0.25, 0.3) is 0 Å². The minimum Gasteiger partial charge on any atom is -0.395 e. The number of likely N-dealkylation sites (tertiary alicyclic amines) is 1. The van der Waals surface area contributed by atoms with E-state index in [9.17, 15) is 9.90 Å². The first-order valence-corrected chi connectivity index (χ1v) is 7.53. The lowest BCUT2D eigenvalue weighted by Gasteiger charge is -2.21. The van der Waals surface area contributed by atoms with Gasteiger partial charge in [0.1, 0.15) is 0 Å². The number of nitrogens with zero attached hydrogens (tertiary/aromatic N) is 1. The van der Waals surface area contributed by atoms with Crippen LogP contribution in [0, 0.1) is 0 Å². The van der Waals surface area contributed by atoms with Crippen LogP contribution in [0.3, 0.4) is 0 Å². The zero-order chi connectivity index (χ0) is 13.9. The molecule has 1 aromatic carbocycles. The molecular formula is C16H22N2O2. The topological polar surface area (TPSA) is 52.6 Å². The highest BCUT2D eigenvalue weighted by molar-refractivity contribution is 5.92. The zero-order valence-electron chi connectivity index (χ0n) is 11.8. The molecule has 0 spiro atoms. The smallest absolute Gasteiger partial charge is 0.238 e. The van der Waals surface area contributed by atoms with Crippen molar-refractivity contribution in [3.8, 4) is 0 Å². The molecule has 1 saturated heterocycles. The molecule has 108 valence electrons. The maximum atomic E-state index is 12.1. The average molecular weight is 274 g/mol. The van der Waals surface area contributed by atoms with Crippen molar-refractivity contribution in [2.45, 2.75) is 38.1 Å². The van der Waals surface area contributed by atoms with Crippen molar-refractivity contribution in [3.63, 3.8) is 0 Å². The van der Waals surface area contributed by atoms with E-state index in [-0.39, 0.29) is 18.6 Å². The maximum Gasteiger partial charge on any atom is 0.238 e. The standard InChI is InChI=1S/C16H22N2O2/c19-11-15-5-2-8-18(15)10-16(20)17-14-7-6-12-3-1-4-13(12)9-14/h6-7,9,15,19H,1-5,8,10-11H2,(H,17,20)/t15-/m1/s1. The van der Waals surface area contributed by atoms with Crippen molar-refractivity contribution >= 4 is 11.6 Å². The second-order valence-electron chi connectivity index (χ2n) is 5.83. The number of aryl methyl sites for hydroxylation is 2. The quantitative estimate of drug-likeness (QED) is 0.876. The number of anilines is 1. The van der Waals surface area contributed by atoms with E-state index in [1.54, 1.807) is 0 Å². The number of nitrogens with one attached hydrogen (secondary N) is 1. The molecule has 0 unspecified atom stereocenters. The Bertz CT molecular complexity index is 501. The summed E-state index contributed by atoms with van der Waals surface area (Å²) >= 11 is 0. The van der Waals surface area contributed by atoms with Gasteiger partial charge in [-0.3, -0.25) is 9.69 Å². The summed E-state index contributed by atoms with van der Waals surface area (Å²) in [6.07, 6.45) is 5.56. The van der Waals surface area contributed by atoms with Crippen LogP contribution in [0.4, 0.5) is 5.69 Å². The number of hydrogen-bond acceptors (Lipinski definition) is 3. The molecule has 1 amide bonds. The molecule has 1 fully saturated rings. The number of aliphatic hydroxyl groups excluding tert-OH is 1. The SMILES string of the molecule is O=C(CN1CCC[C@@H]1CO)Nc1ccc2c(c1)CCC2. The number of aliphatic hydroxyl groups is 1. The Balaban J connectivity index is 1.59. The van der Waals surface area contributed by atoms with Crippen LogP contribution in [0.2, 0.25) is 0 Å². The van der Waals surface area contributed by atoms with E-state index in [4.69, 9.17) is 0 Å². The van der Waals surface area contributed by atoms with Gasteiger partial charge in [0.15, 0.2) is 0 Å². The van der Waals surface area contributed by atoms with Crippen molar-refractivity contribution in [2.24, 2.45) is 0 Å². The molecule has 0 bridgehead atoms. The molecule has 1 aliphatic carbocycles. The molecule has 2 N–H and O–H groups in total. The lowest BCUT2D eigenvalue weighted by Crippen LogP contribution is -2.38. The van der Waals surface area contributed by atoms with E-state index in [1.165, 1.54) is 17.5 Å². The van der Waals surface area contributed by atoms with Crippen molar-refractivity contribution in [2.75, 3.05) is 25.0 Å². The maximum absolute atomic E-state index is 12.1. The summed E-state index contributed by atoms with van der Waals surface area (Å²) in [5, 5.41) is 12.3. The Kier molecular flexibility index (Phi) is 4.03. The summed E-state index contributed by atoms with van der Waals surface area (Å²) in [6.45, 7) is 1.43. The molecule has 4 heteroatoms. The summed E-state index contributed by atoms with van der Waals surface area (Å²) < 4.78 is 0. The summed E-state index contributed by atoms with van der Waals surface area (Å²) in [5.41, 5.74) is 3.69. The van der Waals surface area contributed by atoms with Crippen LogP contribution in [0.25, 0.3) is 0 Å². The average Bonchev–Trinajstić information content (AvgIpc) is 3.06. The van der Waals surface area contributed by atoms with Gasteiger partial charge in [-0.25, -0.2) is 0 Å². The van der Waals surface area contributed by atoms with Crippen LogP contribution in [0.5, 0.6) is 0 Å². The minimum absolute atomic E-state index is 0.0169. The van der Waals surface area contributed by atoms with Crippen LogP contribution in [-0.2, 0) is 17.6 Å². The molecule has 1 heterocycles. The van der Waals surface area contributed by atoms with E-state index in [0.29, 0.717) is 6.54 Å². The second-order valence-corrected chi connectivity index (χ2v) is 5.83. The van der Waals surface area contributed by atoms with Crippen LogP contribution >= 0.6 is 0 Å². The van der Waals surface area contributed by atoms with Gasteiger partial charge in [0.05, 0.1) is 13.2 Å². The van der Waals surface area contributed by atoms with Gasteiger partial charge in [-0.05, 0) is 61.9 Å². The van der Waals surface area contributed by atoms with Crippen LogP contribution in [0.15, 0.2) is 18.2 Å². The Morgan fingerprint density at radius 3 is 3.00 bits per heavy atom. The van der Waals surface area contributed by atoms with E-state index < -0.39 is 0 Å². The summed E-state index contributed by atoms with van der Waals surface area (Å²) in [5.74, 6) is 0.0169. The minimum atomic E-state index is 0.0169. The van der Waals surface area contributed by atoms with Gasteiger partial charge >= 0.3 is 0 Å². The first-order chi connectivity index (χ1) is 9.76. The molecule has 1 aliphatic heterocycles. The Labute approximate surface area is 119 Å². The molecule has 3 rings (SSSR count). The van der Waals surface area contributed by atoms with Crippen LogP contribution in [0.1, 0.15) is 30.4 Å². The van der Waals surface area contributed by atoms with Crippen LogP contribution < -0.4 is 5.32 Å². The second kappa shape index (κ2) is 5.94. The first kappa shape index (κ1) is 13.6. The third kappa shape index (κ3) is 2.86. The highest BCUT2D eigenvalue weighted by Crippen LogP contribution is 2.25. The van der Waals surface area contributed by atoms with Gasteiger partial charge in [-0.15, -0.1) is 0 Å². The number of rotatable bonds is 4. The molecule has 0 radical (unpaired) electrons. The number of fused-ring (bicyclic) bond motifs is 1. The van der Waals surface area contributed by atoms with Crippen molar-refractivity contribution < 1.29 is 9.90 Å². The lowest BCUT2D eigenvalue weighted by molar-refractivity contribution is -0.117. The normalized spacial score (nSPS) is 21.9. The summed E-state index contributed by atoms with van der Waals surface area (Å²) in [4.78, 5) is 14.2. The van der Waals surface area contributed by atoms with Gasteiger partial charge in [-0.2, -0.15) is 0 Å². The van der Waals surface area contributed by atoms with Gasteiger partial charge in [-0.1, -0.05) is 6.07 Å². The summed E-state index contributed by atoms with van der Waals surface area (Å²) in [6, 6.07) is 6.38. The third-order valence-corrected chi connectivity index (χ3v) is 4.44.